The van der Waals surface area contributed by atoms with Crippen LogP contribution in [0.5, 0.6) is 0 Å². The zero-order valence-corrected chi connectivity index (χ0v) is 20.0. The summed E-state index contributed by atoms with van der Waals surface area (Å²) in [4.78, 5) is 4.40. The van der Waals surface area contributed by atoms with Crippen LogP contribution < -0.4 is 5.32 Å². The van der Waals surface area contributed by atoms with E-state index in [-0.39, 0.29) is 6.04 Å². The topological polar surface area (TPSA) is 72.0 Å². The minimum atomic E-state index is 0.132. The Morgan fingerprint density at radius 1 is 0.833 bits per heavy atom. The largest absolute Gasteiger partial charge is 0.306 e. The molecule has 0 amide bonds. The van der Waals surface area contributed by atoms with E-state index in [4.69, 9.17) is 5.26 Å². The first kappa shape index (κ1) is 23.2. The van der Waals surface area contributed by atoms with Crippen molar-refractivity contribution in [3.63, 3.8) is 0 Å². The molecule has 1 aliphatic heterocycles. The molecule has 1 heterocycles. The number of benzene rings is 4. The van der Waals surface area contributed by atoms with E-state index in [2.05, 4.69) is 52.8 Å². The second-order valence-electron chi connectivity index (χ2n) is 9.04. The molecule has 4 heteroatoms. The Hall–Kier alpha value is -4.51. The Balaban J connectivity index is 1.43. The molecule has 174 valence electrons. The lowest BCUT2D eigenvalue weighted by molar-refractivity contribution is 0.549. The summed E-state index contributed by atoms with van der Waals surface area (Å²) in [7, 11) is 0. The van der Waals surface area contributed by atoms with Crippen LogP contribution in [0.3, 0.4) is 0 Å². The van der Waals surface area contributed by atoms with E-state index >= 15 is 0 Å². The van der Waals surface area contributed by atoms with Gasteiger partial charge in [-0.15, -0.1) is 0 Å². The summed E-state index contributed by atoms with van der Waals surface area (Å²) in [6, 6.07) is 33.1. The van der Waals surface area contributed by atoms with Gasteiger partial charge >= 0.3 is 0 Å². The molecule has 5 rings (SSSR count). The van der Waals surface area contributed by atoms with Crippen molar-refractivity contribution < 1.29 is 0 Å². The highest BCUT2D eigenvalue weighted by Gasteiger charge is 2.17. The molecule has 1 N–H and O–H groups in total. The molecule has 4 aromatic rings. The van der Waals surface area contributed by atoms with Gasteiger partial charge in [-0.05, 0) is 76.6 Å². The van der Waals surface area contributed by atoms with E-state index in [9.17, 15) is 5.26 Å². The van der Waals surface area contributed by atoms with E-state index in [0.29, 0.717) is 17.7 Å². The molecular weight excluding hydrogens is 440 g/mol. The quantitative estimate of drug-likeness (QED) is 0.329. The van der Waals surface area contributed by atoms with Crippen molar-refractivity contribution in [3.8, 4) is 23.3 Å². The first-order valence-electron chi connectivity index (χ1n) is 12.2. The standard InChI is InChI=1S/C32H26N4/c33-19-24-12-10-23(11-13-24)18-32(28-7-4-16-35-22-28)36-21-25-14-15-27(20-34)31(17-25)30-9-3-6-26-5-1-2-8-29(26)30/h1-3,5-6,8-17,22,32,36H,4,7,18,21H2. The number of hydrogen-bond acceptors (Lipinski definition) is 4. The van der Waals surface area contributed by atoms with Crippen LogP contribution in [-0.4, -0.2) is 12.3 Å². The lowest BCUT2D eigenvalue weighted by atomic mass is 9.92. The average molecular weight is 467 g/mol. The summed E-state index contributed by atoms with van der Waals surface area (Å²) in [5.74, 6) is 0. The van der Waals surface area contributed by atoms with Crippen LogP contribution in [0.15, 0.2) is 102 Å². The zero-order valence-electron chi connectivity index (χ0n) is 20.0. The lowest BCUT2D eigenvalue weighted by Crippen LogP contribution is -2.33. The molecule has 1 aliphatic rings. The monoisotopic (exact) mass is 466 g/mol. The Labute approximate surface area is 211 Å². The Bertz CT molecular complexity index is 1530. The van der Waals surface area contributed by atoms with Gasteiger partial charge in [-0.1, -0.05) is 60.7 Å². The van der Waals surface area contributed by atoms with E-state index in [1.54, 1.807) is 0 Å². The molecule has 36 heavy (non-hydrogen) atoms. The van der Waals surface area contributed by atoms with Crippen molar-refractivity contribution in [2.24, 2.45) is 4.99 Å². The number of hydrogen-bond donors (Lipinski definition) is 1. The van der Waals surface area contributed by atoms with E-state index in [0.717, 1.165) is 46.7 Å². The van der Waals surface area contributed by atoms with Gasteiger partial charge in [0.15, 0.2) is 0 Å². The normalized spacial score (nSPS) is 13.6. The molecule has 0 aliphatic carbocycles. The van der Waals surface area contributed by atoms with Crippen LogP contribution in [-0.2, 0) is 13.0 Å². The molecule has 0 aromatic heterocycles. The fraction of sp³-hybridized carbons (Fsp3) is 0.156. The van der Waals surface area contributed by atoms with Gasteiger partial charge in [0.05, 0.1) is 23.3 Å². The van der Waals surface area contributed by atoms with Gasteiger partial charge in [0.2, 0.25) is 0 Å². The molecule has 0 spiro atoms. The number of nitrogens with one attached hydrogen (secondary N) is 1. The summed E-state index contributed by atoms with van der Waals surface area (Å²) in [5.41, 5.74) is 6.96. The van der Waals surface area contributed by atoms with Crippen molar-refractivity contribution in [3.05, 3.63) is 119 Å². The second-order valence-corrected chi connectivity index (χ2v) is 9.04. The first-order valence-corrected chi connectivity index (χ1v) is 12.2. The fourth-order valence-electron chi connectivity index (χ4n) is 4.79. The molecular formula is C32H26N4. The molecule has 4 aromatic carbocycles. The number of rotatable bonds is 7. The lowest BCUT2D eigenvalue weighted by Gasteiger charge is -2.23. The van der Waals surface area contributed by atoms with Crippen LogP contribution in [0.4, 0.5) is 0 Å². The third-order valence-electron chi connectivity index (χ3n) is 6.72. The van der Waals surface area contributed by atoms with Crippen molar-refractivity contribution in [2.45, 2.75) is 31.8 Å². The number of nitrogens with zero attached hydrogens (tertiary/aromatic N) is 3. The average Bonchev–Trinajstić information content (AvgIpc) is 2.95. The Morgan fingerprint density at radius 2 is 1.64 bits per heavy atom. The van der Waals surface area contributed by atoms with Gasteiger partial charge in [0.1, 0.15) is 0 Å². The summed E-state index contributed by atoms with van der Waals surface area (Å²) >= 11 is 0. The van der Waals surface area contributed by atoms with Crippen molar-refractivity contribution in [2.75, 3.05) is 0 Å². The third-order valence-corrected chi connectivity index (χ3v) is 6.72. The molecule has 0 saturated heterocycles. The molecule has 0 fully saturated rings. The predicted octanol–water partition coefficient (Wildman–Crippen LogP) is 6.70. The van der Waals surface area contributed by atoms with Crippen molar-refractivity contribution >= 4 is 17.0 Å². The van der Waals surface area contributed by atoms with Crippen LogP contribution in [0.25, 0.3) is 21.9 Å². The maximum Gasteiger partial charge on any atom is 0.0998 e. The maximum absolute atomic E-state index is 9.83. The van der Waals surface area contributed by atoms with Gasteiger partial charge in [-0.25, -0.2) is 0 Å². The maximum atomic E-state index is 9.83. The zero-order chi connectivity index (χ0) is 24.7. The predicted molar refractivity (Wildman–Crippen MR) is 145 cm³/mol. The van der Waals surface area contributed by atoms with Crippen molar-refractivity contribution in [1.82, 2.24) is 5.32 Å². The van der Waals surface area contributed by atoms with Gasteiger partial charge in [-0.3, -0.25) is 4.99 Å². The summed E-state index contributed by atoms with van der Waals surface area (Å²) in [5, 5.41) is 25.0. The smallest absolute Gasteiger partial charge is 0.0998 e. The minimum absolute atomic E-state index is 0.132. The highest BCUT2D eigenvalue weighted by molar-refractivity contribution is 5.97. The molecule has 1 atom stereocenters. The van der Waals surface area contributed by atoms with Gasteiger partial charge in [-0.2, -0.15) is 10.5 Å². The molecule has 1 unspecified atom stereocenters. The molecule has 4 nitrogen and oxygen atoms in total. The van der Waals surface area contributed by atoms with E-state index < -0.39 is 0 Å². The van der Waals surface area contributed by atoms with Crippen LogP contribution >= 0.6 is 0 Å². The van der Waals surface area contributed by atoms with E-state index in [1.165, 1.54) is 11.1 Å². The van der Waals surface area contributed by atoms with Gasteiger partial charge < -0.3 is 5.32 Å². The van der Waals surface area contributed by atoms with Crippen LogP contribution in [0.2, 0.25) is 0 Å². The van der Waals surface area contributed by atoms with Crippen LogP contribution in [0, 0.1) is 22.7 Å². The number of aliphatic imine (C=N–C) groups is 1. The number of nitriles is 2. The fourth-order valence-corrected chi connectivity index (χ4v) is 4.79. The summed E-state index contributed by atoms with van der Waals surface area (Å²) in [6.45, 7) is 0.672. The molecule has 0 radical (unpaired) electrons. The van der Waals surface area contributed by atoms with Gasteiger partial charge in [0, 0.05) is 30.6 Å². The number of fused-ring (bicyclic) bond motifs is 1. The second kappa shape index (κ2) is 10.8. The highest BCUT2D eigenvalue weighted by atomic mass is 14.9. The molecule has 0 saturated carbocycles. The minimum Gasteiger partial charge on any atom is -0.306 e. The highest BCUT2D eigenvalue weighted by Crippen LogP contribution is 2.32. The summed E-state index contributed by atoms with van der Waals surface area (Å²) in [6.07, 6.45) is 6.68. The third kappa shape index (κ3) is 5.10. The van der Waals surface area contributed by atoms with Gasteiger partial charge in [0.25, 0.3) is 0 Å². The van der Waals surface area contributed by atoms with Crippen LogP contribution in [0.1, 0.15) is 35.1 Å². The van der Waals surface area contributed by atoms with Crippen molar-refractivity contribution in [1.29, 1.82) is 10.5 Å². The molecule has 0 bridgehead atoms. The van der Waals surface area contributed by atoms with E-state index in [1.807, 2.05) is 67.0 Å². The Morgan fingerprint density at radius 3 is 2.42 bits per heavy atom. The first-order chi connectivity index (χ1) is 17.7. The Kier molecular flexibility index (Phi) is 6.99. The summed E-state index contributed by atoms with van der Waals surface area (Å²) < 4.78 is 0. The SMILES string of the molecule is N#Cc1ccc(CC(NCc2ccc(C#N)c(-c3cccc4ccccc34)c2)C2=CN=CCC2)cc1.